The first-order valence-corrected chi connectivity index (χ1v) is 11.2. The third-order valence-electron chi connectivity index (χ3n) is 6.69. The summed E-state index contributed by atoms with van der Waals surface area (Å²) in [5.41, 5.74) is 1.01. The van der Waals surface area contributed by atoms with Crippen LogP contribution in [0.4, 0.5) is 0 Å². The maximum absolute atomic E-state index is 5.73. The van der Waals surface area contributed by atoms with Crippen LogP contribution in [0.2, 0.25) is 0 Å². The van der Waals surface area contributed by atoms with Gasteiger partial charge in [-0.05, 0) is 77.3 Å². The highest BCUT2D eigenvalue weighted by molar-refractivity contribution is 5.79. The lowest BCUT2D eigenvalue weighted by atomic mass is 9.84. The molecule has 0 bridgehead atoms. The molecule has 1 aromatic rings. The zero-order valence-electron chi connectivity index (χ0n) is 18.3. The molecule has 0 unspecified atom stereocenters. The van der Waals surface area contributed by atoms with Gasteiger partial charge < -0.3 is 15.1 Å². The highest BCUT2D eigenvalue weighted by Crippen LogP contribution is 2.26. The van der Waals surface area contributed by atoms with Gasteiger partial charge in [0.05, 0.1) is 12.2 Å². The molecule has 6 nitrogen and oxygen atoms in total. The highest BCUT2D eigenvalue weighted by Gasteiger charge is 2.23. The summed E-state index contributed by atoms with van der Waals surface area (Å²) in [6, 6.07) is 0.587. The predicted octanol–water partition coefficient (Wildman–Crippen LogP) is 3.64. The number of aliphatic imine (C=N–C) groups is 1. The van der Waals surface area contributed by atoms with E-state index >= 15 is 0 Å². The first-order valence-electron chi connectivity index (χ1n) is 11.2. The lowest BCUT2D eigenvalue weighted by Gasteiger charge is -2.32. The maximum atomic E-state index is 5.73. The molecule has 0 spiro atoms. The molecule has 158 valence electrons. The van der Waals surface area contributed by atoms with Gasteiger partial charge in [-0.25, -0.2) is 4.98 Å². The Bertz CT molecular complexity index is 605. The van der Waals surface area contributed by atoms with E-state index in [1.807, 2.05) is 20.9 Å². The summed E-state index contributed by atoms with van der Waals surface area (Å²) in [5, 5.41) is 7.22. The number of nitrogens with one attached hydrogen (secondary N) is 2. The normalized spacial score (nSPS) is 25.1. The molecule has 2 N–H and O–H groups in total. The minimum Gasteiger partial charge on any atom is -0.444 e. The third kappa shape index (κ3) is 5.97. The number of aromatic nitrogens is 1. The van der Waals surface area contributed by atoms with Crippen LogP contribution in [0.5, 0.6) is 0 Å². The molecule has 1 aliphatic heterocycles. The minimum absolute atomic E-state index is 0.587. The lowest BCUT2D eigenvalue weighted by molar-refractivity contribution is 0.164. The SMILES string of the molecule is CCC1CCC(NC(=NC)NCC2CCN(Cc3nc(C)c(C)o3)CC2)CC1. The molecular weight excluding hydrogens is 350 g/mol. The van der Waals surface area contributed by atoms with Crippen LogP contribution in [0.3, 0.4) is 0 Å². The van der Waals surface area contributed by atoms with Gasteiger partial charge in [0.25, 0.3) is 0 Å². The molecule has 0 atom stereocenters. The molecule has 0 aromatic carbocycles. The average Bonchev–Trinajstić information content (AvgIpc) is 3.03. The van der Waals surface area contributed by atoms with Crippen molar-refractivity contribution < 1.29 is 4.42 Å². The maximum Gasteiger partial charge on any atom is 0.208 e. The molecule has 0 amide bonds. The highest BCUT2D eigenvalue weighted by atomic mass is 16.4. The monoisotopic (exact) mass is 389 g/mol. The smallest absolute Gasteiger partial charge is 0.208 e. The molecule has 1 aliphatic carbocycles. The van der Waals surface area contributed by atoms with Crippen molar-refractivity contribution in [2.24, 2.45) is 16.8 Å². The Morgan fingerprint density at radius 2 is 1.82 bits per heavy atom. The fourth-order valence-electron chi connectivity index (χ4n) is 4.49. The van der Waals surface area contributed by atoms with E-state index in [0.29, 0.717) is 12.0 Å². The van der Waals surface area contributed by atoms with Crippen molar-refractivity contribution in [1.82, 2.24) is 20.5 Å². The van der Waals surface area contributed by atoms with Gasteiger partial charge in [0.2, 0.25) is 5.89 Å². The van der Waals surface area contributed by atoms with Gasteiger partial charge in [-0.15, -0.1) is 0 Å². The Hall–Kier alpha value is -1.56. The fraction of sp³-hybridized carbons (Fsp3) is 0.818. The van der Waals surface area contributed by atoms with Crippen LogP contribution in [-0.4, -0.2) is 48.6 Å². The van der Waals surface area contributed by atoms with Gasteiger partial charge in [-0.3, -0.25) is 9.89 Å². The second-order valence-electron chi connectivity index (χ2n) is 8.69. The van der Waals surface area contributed by atoms with Crippen molar-refractivity contribution in [3.8, 4) is 0 Å². The Labute approximate surface area is 170 Å². The van der Waals surface area contributed by atoms with Crippen LogP contribution in [0.25, 0.3) is 0 Å². The van der Waals surface area contributed by atoms with Crippen LogP contribution in [0.1, 0.15) is 69.2 Å². The van der Waals surface area contributed by atoms with Crippen molar-refractivity contribution in [1.29, 1.82) is 0 Å². The summed E-state index contributed by atoms with van der Waals surface area (Å²) in [6.07, 6.45) is 9.01. The van der Waals surface area contributed by atoms with E-state index in [0.717, 1.165) is 55.4 Å². The van der Waals surface area contributed by atoms with Crippen LogP contribution >= 0.6 is 0 Å². The number of rotatable bonds is 6. The van der Waals surface area contributed by atoms with Gasteiger partial charge in [-0.1, -0.05) is 13.3 Å². The molecule has 3 rings (SSSR count). The van der Waals surface area contributed by atoms with E-state index in [-0.39, 0.29) is 0 Å². The van der Waals surface area contributed by atoms with Gasteiger partial charge in [0.1, 0.15) is 5.76 Å². The predicted molar refractivity (Wildman–Crippen MR) is 115 cm³/mol. The van der Waals surface area contributed by atoms with Crippen molar-refractivity contribution in [2.45, 2.75) is 78.3 Å². The molecular formula is C22H39N5O. The third-order valence-corrected chi connectivity index (χ3v) is 6.69. The van der Waals surface area contributed by atoms with Gasteiger partial charge >= 0.3 is 0 Å². The summed E-state index contributed by atoms with van der Waals surface area (Å²) in [4.78, 5) is 11.4. The first kappa shape index (κ1) is 21.2. The summed E-state index contributed by atoms with van der Waals surface area (Å²) in [5.74, 6) is 4.42. The second kappa shape index (κ2) is 10.3. The molecule has 1 aromatic heterocycles. The molecule has 6 heteroatoms. The Balaban J connectivity index is 1.35. The number of hydrogen-bond acceptors (Lipinski definition) is 4. The molecule has 2 aliphatic rings. The lowest BCUT2D eigenvalue weighted by Crippen LogP contribution is -2.47. The molecule has 1 saturated carbocycles. The number of oxazole rings is 1. The Morgan fingerprint density at radius 1 is 1.11 bits per heavy atom. The fourth-order valence-corrected chi connectivity index (χ4v) is 4.49. The minimum atomic E-state index is 0.587. The van der Waals surface area contributed by atoms with Gasteiger partial charge in [0.15, 0.2) is 5.96 Å². The number of piperidine rings is 1. The van der Waals surface area contributed by atoms with E-state index in [2.05, 4.69) is 32.4 Å². The zero-order chi connectivity index (χ0) is 19.9. The van der Waals surface area contributed by atoms with E-state index in [9.17, 15) is 0 Å². The van der Waals surface area contributed by atoms with E-state index in [1.54, 1.807) is 0 Å². The van der Waals surface area contributed by atoms with Crippen LogP contribution < -0.4 is 10.6 Å². The summed E-state index contributed by atoms with van der Waals surface area (Å²) >= 11 is 0. The largest absolute Gasteiger partial charge is 0.444 e. The average molecular weight is 390 g/mol. The van der Waals surface area contributed by atoms with Crippen LogP contribution in [0.15, 0.2) is 9.41 Å². The molecule has 2 fully saturated rings. The van der Waals surface area contributed by atoms with Crippen molar-refractivity contribution >= 4 is 5.96 Å². The quantitative estimate of drug-likeness (QED) is 0.574. The molecule has 28 heavy (non-hydrogen) atoms. The first-order chi connectivity index (χ1) is 13.6. The molecule has 1 saturated heterocycles. The summed E-state index contributed by atoms with van der Waals surface area (Å²) < 4.78 is 5.73. The summed E-state index contributed by atoms with van der Waals surface area (Å²) in [6.45, 7) is 10.4. The number of likely N-dealkylation sites (tertiary alicyclic amines) is 1. The number of hydrogen-bond donors (Lipinski definition) is 2. The van der Waals surface area contributed by atoms with Crippen molar-refractivity contribution in [3.05, 3.63) is 17.3 Å². The molecule has 2 heterocycles. The topological polar surface area (TPSA) is 65.7 Å². The van der Waals surface area contributed by atoms with E-state index in [1.165, 1.54) is 44.9 Å². The number of guanidine groups is 1. The Kier molecular flexibility index (Phi) is 7.77. The van der Waals surface area contributed by atoms with E-state index < -0.39 is 0 Å². The standard InChI is InChI=1S/C22H39N5O/c1-5-18-6-8-20(9-7-18)26-22(23-4)24-14-19-10-12-27(13-11-19)15-21-25-16(2)17(3)28-21/h18-20H,5-15H2,1-4H3,(H2,23,24,26). The summed E-state index contributed by atoms with van der Waals surface area (Å²) in [7, 11) is 1.88. The van der Waals surface area contributed by atoms with E-state index in [4.69, 9.17) is 4.42 Å². The van der Waals surface area contributed by atoms with Crippen LogP contribution in [0, 0.1) is 25.7 Å². The van der Waals surface area contributed by atoms with Crippen LogP contribution in [-0.2, 0) is 6.54 Å². The van der Waals surface area contributed by atoms with Crippen molar-refractivity contribution in [2.75, 3.05) is 26.7 Å². The second-order valence-corrected chi connectivity index (χ2v) is 8.69. The van der Waals surface area contributed by atoms with Gasteiger partial charge in [0, 0.05) is 19.6 Å². The van der Waals surface area contributed by atoms with Crippen molar-refractivity contribution in [3.63, 3.8) is 0 Å². The Morgan fingerprint density at radius 3 is 2.39 bits per heavy atom. The zero-order valence-corrected chi connectivity index (χ0v) is 18.3. The number of aryl methyl sites for hydroxylation is 2. The van der Waals surface area contributed by atoms with Gasteiger partial charge in [-0.2, -0.15) is 0 Å². The number of nitrogens with zero attached hydrogens (tertiary/aromatic N) is 3. The molecule has 0 radical (unpaired) electrons.